The van der Waals surface area contributed by atoms with Gasteiger partial charge in [0.2, 0.25) is 11.8 Å². The smallest absolute Gasteiger partial charge is 0.410 e. The maximum absolute atomic E-state index is 12.0. The van der Waals surface area contributed by atoms with Crippen LogP contribution < -0.4 is 5.32 Å². The lowest BCUT2D eigenvalue weighted by atomic mass is 9.79. The van der Waals surface area contributed by atoms with Gasteiger partial charge in [0.15, 0.2) is 8.24 Å². The van der Waals surface area contributed by atoms with Crippen molar-refractivity contribution in [1.82, 2.24) is 19.7 Å². The summed E-state index contributed by atoms with van der Waals surface area (Å²) in [5.41, 5.74) is -0.885. The van der Waals surface area contributed by atoms with Gasteiger partial charge >= 0.3 is 24.1 Å². The first kappa shape index (κ1) is 49.5. The molecule has 0 unspecified atom stereocenters. The molecule has 0 aromatic carbocycles. The maximum atomic E-state index is 12.0. The van der Waals surface area contributed by atoms with Crippen molar-refractivity contribution in [2.24, 2.45) is 17.8 Å². The van der Waals surface area contributed by atoms with Crippen LogP contribution in [0, 0.1) is 17.8 Å². The molecule has 304 valence electrons. The summed E-state index contributed by atoms with van der Waals surface area (Å²) in [7, 11) is 5.99. The van der Waals surface area contributed by atoms with Crippen molar-refractivity contribution in [3.63, 3.8) is 0 Å². The maximum Gasteiger partial charge on any atom is 0.410 e. The van der Waals surface area contributed by atoms with Crippen molar-refractivity contribution in [1.29, 1.82) is 0 Å². The first-order valence-electron chi connectivity index (χ1n) is 18.6. The monoisotopic (exact) mass is 888 g/mol. The van der Waals surface area contributed by atoms with Crippen molar-refractivity contribution >= 4 is 82.2 Å². The van der Waals surface area contributed by atoms with E-state index in [4.69, 9.17) is 19.7 Å². The number of alkyl halides is 1. The van der Waals surface area contributed by atoms with Gasteiger partial charge in [-0.1, -0.05) is 56.5 Å². The molecule has 3 N–H and O–H groups in total. The summed E-state index contributed by atoms with van der Waals surface area (Å²) in [4.78, 5) is 72.1. The van der Waals surface area contributed by atoms with Gasteiger partial charge in [-0.15, -0.1) is 0 Å². The fraction of sp³-hybridized carbons (Fsp3) is 0.833. The summed E-state index contributed by atoms with van der Waals surface area (Å²) in [5, 5.41) is 20.4. The van der Waals surface area contributed by atoms with Crippen molar-refractivity contribution < 1.29 is 48.5 Å². The van der Waals surface area contributed by atoms with Gasteiger partial charge in [0.25, 0.3) is 0 Å². The molecular formula is C36H63B2IN4O10Si. The number of carboxylic acids is 2. The zero-order chi connectivity index (χ0) is 42.0. The molecule has 0 saturated carbocycles. The van der Waals surface area contributed by atoms with Gasteiger partial charge in [0.1, 0.15) is 23.3 Å². The summed E-state index contributed by atoms with van der Waals surface area (Å²) in [5.74, 6) is -1.41. The first-order chi connectivity index (χ1) is 24.7. The van der Waals surface area contributed by atoms with Crippen LogP contribution >= 0.6 is 22.6 Å². The third kappa shape index (κ3) is 14.9. The summed E-state index contributed by atoms with van der Waals surface area (Å²) in [6, 6.07) is -1.34. The van der Waals surface area contributed by atoms with Crippen molar-refractivity contribution in [3.8, 4) is 0 Å². The number of nitrogens with zero attached hydrogens (tertiary/aromatic N) is 3. The summed E-state index contributed by atoms with van der Waals surface area (Å²) < 4.78 is 13.5. The molecule has 4 aliphatic rings. The van der Waals surface area contributed by atoms with E-state index in [0.29, 0.717) is 19.5 Å². The molecule has 4 radical (unpaired) electrons. The zero-order valence-electron chi connectivity index (χ0n) is 34.2. The summed E-state index contributed by atoms with van der Waals surface area (Å²) >= 11 is 2.42. The number of piperidine rings is 2. The highest BCUT2D eigenvalue weighted by molar-refractivity contribution is 14.1. The third-order valence-corrected chi connectivity index (χ3v) is 17.0. The number of carbonyl (C=O) groups excluding carboxylic acids is 4. The second kappa shape index (κ2) is 20.6. The van der Waals surface area contributed by atoms with Crippen LogP contribution in [0.15, 0.2) is 0 Å². The number of amides is 4. The van der Waals surface area contributed by atoms with E-state index >= 15 is 0 Å². The second-order valence-electron chi connectivity index (χ2n) is 17.8. The van der Waals surface area contributed by atoms with E-state index in [-0.39, 0.29) is 47.0 Å². The molecule has 4 aliphatic heterocycles. The van der Waals surface area contributed by atoms with Gasteiger partial charge in [-0.25, -0.2) is 14.4 Å². The van der Waals surface area contributed by atoms with E-state index in [0.717, 1.165) is 44.7 Å². The Hall–Kier alpha value is -2.50. The summed E-state index contributed by atoms with van der Waals surface area (Å²) in [6.07, 6.45) is 4.05. The Labute approximate surface area is 339 Å². The number of ether oxygens (including phenoxy) is 2. The molecular weight excluding hydrogens is 825 g/mol. The number of carboxylic acid groups (broad SMARTS) is 2. The van der Waals surface area contributed by atoms with E-state index in [1.165, 1.54) is 4.43 Å². The van der Waals surface area contributed by atoms with E-state index in [1.54, 1.807) is 9.47 Å². The summed E-state index contributed by atoms with van der Waals surface area (Å²) in [6.45, 7) is 24.4. The molecule has 0 bridgehead atoms. The van der Waals surface area contributed by atoms with E-state index in [1.807, 2.05) is 46.4 Å². The molecule has 54 heavy (non-hydrogen) atoms. The Bertz CT molecular complexity index is 1310. The number of likely N-dealkylation sites (tertiary alicyclic amines) is 2. The highest BCUT2D eigenvalue weighted by Gasteiger charge is 2.54. The van der Waals surface area contributed by atoms with Gasteiger partial charge in [0.05, 0.1) is 12.3 Å². The lowest BCUT2D eigenvalue weighted by molar-refractivity contribution is -0.156. The van der Waals surface area contributed by atoms with Crippen LogP contribution in [-0.4, -0.2) is 138 Å². The molecule has 0 spiro atoms. The highest BCUT2D eigenvalue weighted by Crippen LogP contribution is 2.42. The fourth-order valence-corrected chi connectivity index (χ4v) is 9.50. The number of hydrogen-bond donors (Lipinski definition) is 3. The Morgan fingerprint density at radius 3 is 1.48 bits per heavy atom. The minimum atomic E-state index is -2.01. The Balaban J connectivity index is 0.000000407. The van der Waals surface area contributed by atoms with Crippen molar-refractivity contribution in [2.75, 3.05) is 30.6 Å². The minimum Gasteiger partial charge on any atom is -0.480 e. The highest BCUT2D eigenvalue weighted by atomic mass is 127. The lowest BCUT2D eigenvalue weighted by Gasteiger charge is -2.53. The predicted molar refractivity (Wildman–Crippen MR) is 219 cm³/mol. The van der Waals surface area contributed by atoms with Crippen molar-refractivity contribution in [2.45, 2.75) is 142 Å². The van der Waals surface area contributed by atoms with Crippen LogP contribution in [-0.2, 0) is 28.7 Å². The molecule has 4 saturated heterocycles. The number of rotatable bonds is 6. The fourth-order valence-electron chi connectivity index (χ4n) is 6.20. The predicted octanol–water partition coefficient (Wildman–Crippen LogP) is 5.21. The minimum absolute atomic E-state index is 0.00319. The van der Waals surface area contributed by atoms with Crippen LogP contribution in [0.3, 0.4) is 0 Å². The average molecular weight is 889 g/mol. The van der Waals surface area contributed by atoms with Crippen LogP contribution in [0.2, 0.25) is 18.1 Å². The largest absolute Gasteiger partial charge is 0.480 e. The van der Waals surface area contributed by atoms with Crippen molar-refractivity contribution in [3.05, 3.63) is 0 Å². The van der Waals surface area contributed by atoms with Gasteiger partial charge in [0, 0.05) is 46.1 Å². The van der Waals surface area contributed by atoms with Gasteiger partial charge in [-0.3, -0.25) is 14.4 Å². The molecule has 14 nitrogen and oxygen atoms in total. The number of halogens is 1. The Morgan fingerprint density at radius 2 is 1.19 bits per heavy atom. The molecule has 0 aromatic heterocycles. The Kier molecular flexibility index (Phi) is 18.9. The number of carbonyl (C=O) groups is 6. The topological polar surface area (TPSA) is 183 Å². The van der Waals surface area contributed by atoms with Crippen LogP contribution in [0.25, 0.3) is 0 Å². The first-order valence-corrected chi connectivity index (χ1v) is 23.1. The molecule has 4 rings (SSSR count). The normalized spacial score (nSPS) is 22.3. The van der Waals surface area contributed by atoms with Gasteiger partial charge in [-0.2, -0.15) is 0 Å². The lowest BCUT2D eigenvalue weighted by Crippen LogP contribution is -2.70. The van der Waals surface area contributed by atoms with Gasteiger partial charge in [-0.05, 0) is 90.5 Å². The van der Waals surface area contributed by atoms with Crippen LogP contribution in [0.1, 0.15) is 101 Å². The zero-order valence-corrected chi connectivity index (χ0v) is 37.4. The molecule has 4 amide bonds. The second-order valence-corrected chi connectivity index (χ2v) is 23.8. The molecule has 3 atom stereocenters. The standard InChI is InChI=1S/C15H24N2O5.C11H20INO2.C10H19NO3Si.B2/c1-15(2,3)22-14(21)17-6-4-9(5-7-17)8-10-11(13(19)20)16-12(10)18;1-11(2,3)15-10(14)13-6-4-9(8-12)5-7-13;1-10(2,3)15(4,5)11-7(9(13)14)6-8(11)12;1-2/h9-11H,4-8H2,1-3H3,(H,16,18)(H,19,20);9H,4-8H2,1-3H3;7H,6H2,1-5H3,(H,13,14);/t10-,11+;;7-;/m1.0./s1. The van der Waals surface area contributed by atoms with Crippen LogP contribution in [0.4, 0.5) is 9.59 Å². The van der Waals surface area contributed by atoms with Gasteiger partial charge < -0.3 is 39.4 Å². The third-order valence-electron chi connectivity index (χ3n) is 10.3. The number of nitrogens with one attached hydrogen (secondary N) is 1. The van der Waals surface area contributed by atoms with E-state index < -0.39 is 43.8 Å². The molecule has 4 heterocycles. The van der Waals surface area contributed by atoms with E-state index in [9.17, 15) is 28.8 Å². The average Bonchev–Trinajstić information content (AvgIpc) is 3.04. The number of aliphatic carboxylic acids is 2. The molecule has 18 heteroatoms. The van der Waals surface area contributed by atoms with E-state index in [2.05, 4.69) is 77.2 Å². The number of hydrogen-bond acceptors (Lipinski definition) is 8. The SMILES string of the molecule is CC(C)(C)OC(=O)N1CCC(CI)CC1.CC(C)(C)OC(=O)N1CCC(C[C@H]2C(=O)N[C@@H]2C(=O)O)CC1.CC(C)(C)[Si](C)(C)N1C(=O)C[C@H]1C(=O)O.[B][B]. The molecule has 4 fully saturated rings. The molecule has 0 aliphatic carbocycles. The molecule has 0 aromatic rings. The quantitative estimate of drug-likeness (QED) is 0.139. The van der Waals surface area contributed by atoms with Crippen LogP contribution in [0.5, 0.6) is 0 Å². The number of β-lactam (4-membered cyclic amide) rings is 2. The Morgan fingerprint density at radius 1 is 0.778 bits per heavy atom.